The van der Waals surface area contributed by atoms with Gasteiger partial charge in [-0.25, -0.2) is 0 Å². The quantitative estimate of drug-likeness (QED) is 0.570. The van der Waals surface area contributed by atoms with Crippen molar-refractivity contribution >= 4 is 5.97 Å². The van der Waals surface area contributed by atoms with Gasteiger partial charge in [-0.1, -0.05) is 31.6 Å². The maximum Gasteiger partial charge on any atom is 0.302 e. The summed E-state index contributed by atoms with van der Waals surface area (Å²) >= 11 is 0. The average molecular weight is 359 g/mol. The molecule has 2 saturated carbocycles. The molecule has 0 aliphatic heterocycles. The summed E-state index contributed by atoms with van der Waals surface area (Å²) < 4.78 is 5.53. The molecule has 1 N–H and O–H groups in total. The number of hydrogen-bond donors (Lipinski definition) is 1. The Morgan fingerprint density at radius 2 is 1.88 bits per heavy atom. The summed E-state index contributed by atoms with van der Waals surface area (Å²) in [5, 5.41) is 10.3. The van der Waals surface area contributed by atoms with Crippen molar-refractivity contribution in [1.82, 2.24) is 0 Å². The van der Waals surface area contributed by atoms with Crippen LogP contribution < -0.4 is 0 Å². The summed E-state index contributed by atoms with van der Waals surface area (Å²) in [7, 11) is 0. The maximum atomic E-state index is 11.4. The number of rotatable bonds is 2. The minimum atomic E-state index is -0.314. The fraction of sp³-hybridized carbons (Fsp3) is 0.783. The van der Waals surface area contributed by atoms with E-state index in [1.54, 1.807) is 5.57 Å². The molecule has 0 spiro atoms. The molecule has 2 fully saturated rings. The van der Waals surface area contributed by atoms with Crippen LogP contribution in [-0.2, 0) is 9.53 Å². The van der Waals surface area contributed by atoms with Crippen LogP contribution in [0.2, 0.25) is 0 Å². The molecule has 0 heterocycles. The van der Waals surface area contributed by atoms with E-state index in [2.05, 4.69) is 26.0 Å². The number of hydrogen-bond acceptors (Lipinski definition) is 3. The van der Waals surface area contributed by atoms with Crippen molar-refractivity contribution < 1.29 is 14.6 Å². The number of carbonyl (C=O) groups excluding carboxylic acids is 1. The van der Waals surface area contributed by atoms with Crippen molar-refractivity contribution in [3.63, 3.8) is 0 Å². The van der Waals surface area contributed by atoms with Crippen molar-refractivity contribution in [2.24, 2.45) is 28.6 Å². The Bertz CT molecular complexity index is 660. The lowest BCUT2D eigenvalue weighted by molar-refractivity contribution is -0.148. The summed E-state index contributed by atoms with van der Waals surface area (Å²) in [4.78, 5) is 11.4. The Hall–Kier alpha value is -1.09. The molecule has 4 aliphatic carbocycles. The number of esters is 1. The van der Waals surface area contributed by atoms with Gasteiger partial charge in [0, 0.05) is 13.3 Å². The van der Waals surface area contributed by atoms with Gasteiger partial charge in [-0.05, 0) is 79.6 Å². The Balaban J connectivity index is 1.58. The molecule has 1 unspecified atom stereocenters. The highest BCUT2D eigenvalue weighted by molar-refractivity contribution is 5.66. The van der Waals surface area contributed by atoms with Crippen LogP contribution in [0.15, 0.2) is 23.3 Å². The molecule has 4 rings (SSSR count). The van der Waals surface area contributed by atoms with E-state index in [4.69, 9.17) is 4.74 Å². The van der Waals surface area contributed by atoms with E-state index < -0.39 is 0 Å². The number of carbonyl (C=O) groups is 1. The van der Waals surface area contributed by atoms with E-state index in [1.165, 1.54) is 25.3 Å². The van der Waals surface area contributed by atoms with E-state index in [9.17, 15) is 9.90 Å². The first-order chi connectivity index (χ1) is 12.3. The number of allylic oxidation sites excluding steroid dienone is 2. The second-order valence-electron chi connectivity index (χ2n) is 9.76. The third-order valence-electron chi connectivity index (χ3n) is 8.48. The topological polar surface area (TPSA) is 46.5 Å². The van der Waals surface area contributed by atoms with E-state index in [0.29, 0.717) is 5.92 Å². The van der Waals surface area contributed by atoms with Crippen LogP contribution in [0.3, 0.4) is 0 Å². The van der Waals surface area contributed by atoms with Gasteiger partial charge in [-0.15, -0.1) is 0 Å². The first kappa shape index (κ1) is 18.3. The van der Waals surface area contributed by atoms with Gasteiger partial charge in [0.25, 0.3) is 0 Å². The molecule has 7 atom stereocenters. The second kappa shape index (κ2) is 6.22. The minimum Gasteiger partial charge on any atom is -0.462 e. The summed E-state index contributed by atoms with van der Waals surface area (Å²) in [5.41, 5.74) is 3.29. The Morgan fingerprint density at radius 3 is 2.58 bits per heavy atom. The standard InChI is InChI=1S/C23H34O3/c1-14(24)19-7-8-20-18-6-5-16-13-17(26-15(2)25)9-11-22(16,3)21(18)10-12-23(19,20)4/h5,7,14,17-18,20-21,24H,6,8-13H2,1-4H3/t14?,17-,18-,20-,21-,22-,23+/m0/s1. The van der Waals surface area contributed by atoms with Gasteiger partial charge in [0.05, 0.1) is 6.10 Å². The van der Waals surface area contributed by atoms with Crippen molar-refractivity contribution in [3.8, 4) is 0 Å². The van der Waals surface area contributed by atoms with Gasteiger partial charge in [0.2, 0.25) is 0 Å². The zero-order chi connectivity index (χ0) is 18.7. The fourth-order valence-corrected chi connectivity index (χ4v) is 7.21. The van der Waals surface area contributed by atoms with E-state index in [0.717, 1.165) is 43.9 Å². The van der Waals surface area contributed by atoms with E-state index in [1.807, 2.05) is 6.92 Å². The molecule has 26 heavy (non-hydrogen) atoms. The highest BCUT2D eigenvalue weighted by Gasteiger charge is 2.57. The first-order valence-electron chi connectivity index (χ1n) is 10.5. The third kappa shape index (κ3) is 2.61. The predicted molar refractivity (Wildman–Crippen MR) is 102 cm³/mol. The van der Waals surface area contributed by atoms with Crippen LogP contribution in [0.4, 0.5) is 0 Å². The van der Waals surface area contributed by atoms with E-state index in [-0.39, 0.29) is 29.0 Å². The molecule has 0 aromatic rings. The number of aliphatic hydroxyl groups is 1. The fourth-order valence-electron chi connectivity index (χ4n) is 7.21. The summed E-state index contributed by atoms with van der Waals surface area (Å²) in [6.45, 7) is 8.33. The summed E-state index contributed by atoms with van der Waals surface area (Å²) in [5.74, 6) is 1.98. The first-order valence-corrected chi connectivity index (χ1v) is 10.5. The van der Waals surface area contributed by atoms with Crippen LogP contribution in [-0.4, -0.2) is 23.3 Å². The summed E-state index contributed by atoms with van der Waals surface area (Å²) in [6, 6.07) is 0. The van der Waals surface area contributed by atoms with Crippen molar-refractivity contribution in [2.75, 3.05) is 0 Å². The van der Waals surface area contributed by atoms with Crippen LogP contribution in [0.25, 0.3) is 0 Å². The Kier molecular flexibility index (Phi) is 4.38. The van der Waals surface area contributed by atoms with Crippen molar-refractivity contribution in [3.05, 3.63) is 23.3 Å². The van der Waals surface area contributed by atoms with Crippen LogP contribution in [0, 0.1) is 28.6 Å². The van der Waals surface area contributed by atoms with Crippen LogP contribution in [0.1, 0.15) is 72.6 Å². The number of aliphatic hydroxyl groups excluding tert-OH is 1. The number of fused-ring (bicyclic) bond motifs is 5. The zero-order valence-corrected chi connectivity index (χ0v) is 16.8. The van der Waals surface area contributed by atoms with Gasteiger partial charge in [0.15, 0.2) is 0 Å². The smallest absolute Gasteiger partial charge is 0.302 e. The highest BCUT2D eigenvalue weighted by atomic mass is 16.5. The number of ether oxygens (including phenoxy) is 1. The normalized spacial score (nSPS) is 45.6. The molecule has 4 aliphatic rings. The molecule has 0 aromatic carbocycles. The second-order valence-corrected chi connectivity index (χ2v) is 9.76. The molecule has 0 amide bonds. The lowest BCUT2D eigenvalue weighted by atomic mass is 9.47. The van der Waals surface area contributed by atoms with Gasteiger partial charge < -0.3 is 9.84 Å². The molecular formula is C23H34O3. The molecule has 0 aromatic heterocycles. The van der Waals surface area contributed by atoms with Crippen molar-refractivity contribution in [1.29, 1.82) is 0 Å². The molecule has 0 bridgehead atoms. The van der Waals surface area contributed by atoms with Gasteiger partial charge in [0.1, 0.15) is 6.10 Å². The average Bonchev–Trinajstić information content (AvgIpc) is 2.92. The highest BCUT2D eigenvalue weighted by Crippen LogP contribution is 2.65. The Labute approximate surface area is 157 Å². The van der Waals surface area contributed by atoms with Crippen molar-refractivity contribution in [2.45, 2.75) is 84.8 Å². The minimum absolute atomic E-state index is 0.0761. The lowest BCUT2D eigenvalue weighted by Gasteiger charge is -2.58. The predicted octanol–water partition coefficient (Wildman–Crippen LogP) is 4.80. The lowest BCUT2D eigenvalue weighted by Crippen LogP contribution is -2.50. The largest absolute Gasteiger partial charge is 0.462 e. The molecule has 3 heteroatoms. The third-order valence-corrected chi connectivity index (χ3v) is 8.48. The van der Waals surface area contributed by atoms with Gasteiger partial charge in [-0.3, -0.25) is 4.79 Å². The SMILES string of the molecule is CC(=O)O[C@H]1CC[C@@]2(C)C(=CC[C@@H]3[C@@H]2CC[C@]2(C)C(C(C)O)=CC[C@@H]32)C1. The zero-order valence-electron chi connectivity index (χ0n) is 16.8. The Morgan fingerprint density at radius 1 is 1.15 bits per heavy atom. The van der Waals surface area contributed by atoms with Crippen LogP contribution in [0.5, 0.6) is 0 Å². The maximum absolute atomic E-state index is 11.4. The monoisotopic (exact) mass is 358 g/mol. The molecular weight excluding hydrogens is 324 g/mol. The van der Waals surface area contributed by atoms with Gasteiger partial charge in [-0.2, -0.15) is 0 Å². The molecule has 144 valence electrons. The summed E-state index contributed by atoms with van der Waals surface area (Å²) in [6.07, 6.45) is 12.4. The molecule has 0 saturated heterocycles. The van der Waals surface area contributed by atoms with E-state index >= 15 is 0 Å². The van der Waals surface area contributed by atoms with Gasteiger partial charge >= 0.3 is 5.97 Å². The molecule has 3 nitrogen and oxygen atoms in total. The molecule has 0 radical (unpaired) electrons. The van der Waals surface area contributed by atoms with Crippen LogP contribution >= 0.6 is 0 Å².